The van der Waals surface area contributed by atoms with E-state index in [4.69, 9.17) is 4.52 Å². The summed E-state index contributed by atoms with van der Waals surface area (Å²) in [5, 5.41) is 9.37. The molecule has 0 saturated carbocycles. The maximum Gasteiger partial charge on any atom is 0.332 e. The van der Waals surface area contributed by atoms with Crippen LogP contribution in [-0.2, 0) is 15.3 Å². The molecule has 1 rings (SSSR count). The Hall–Kier alpha value is -0.830. The van der Waals surface area contributed by atoms with E-state index in [1.54, 1.807) is 39.8 Å². The summed E-state index contributed by atoms with van der Waals surface area (Å²) in [6.07, 6.45) is -0.0502. The van der Waals surface area contributed by atoms with E-state index in [1.807, 2.05) is 0 Å². The fourth-order valence-corrected chi connectivity index (χ4v) is 3.09. The molecule has 0 aromatic heterocycles. The second kappa shape index (κ2) is 4.81. The molecule has 0 aliphatic rings. The molecule has 1 atom stereocenters. The monoisotopic (exact) mass is 258 g/mol. The van der Waals surface area contributed by atoms with Crippen molar-refractivity contribution in [3.63, 3.8) is 0 Å². The molecule has 0 saturated heterocycles. The maximum absolute atomic E-state index is 11.9. The molecule has 17 heavy (non-hydrogen) atoms. The summed E-state index contributed by atoms with van der Waals surface area (Å²) in [5.41, 5.74) is 0.699. The van der Waals surface area contributed by atoms with Gasteiger partial charge in [0.25, 0.3) is 0 Å². The molecule has 1 aromatic carbocycles. The minimum atomic E-state index is -3.65. The van der Waals surface area contributed by atoms with Crippen LogP contribution in [0.15, 0.2) is 18.2 Å². The fraction of sp³-hybridized carbons (Fsp3) is 0.500. The van der Waals surface area contributed by atoms with Crippen molar-refractivity contribution in [2.75, 3.05) is 0 Å². The number of phenols is 1. The first-order chi connectivity index (χ1) is 7.59. The molecule has 0 bridgehead atoms. The summed E-state index contributed by atoms with van der Waals surface area (Å²) in [7, 11) is -3.65. The Labute approximate surface area is 102 Å². The first kappa shape index (κ1) is 14.2. The molecule has 4 nitrogen and oxygen atoms in total. The number of rotatable bonds is 3. The molecule has 96 valence electrons. The maximum atomic E-state index is 11.9. The third-order valence-corrected chi connectivity index (χ3v) is 3.66. The van der Waals surface area contributed by atoms with Crippen molar-refractivity contribution in [2.24, 2.45) is 0 Å². The van der Waals surface area contributed by atoms with E-state index in [2.05, 4.69) is 0 Å². The summed E-state index contributed by atoms with van der Waals surface area (Å²) in [5.74, 6) is 0.179. The summed E-state index contributed by atoms with van der Waals surface area (Å²) in [6, 6.07) is 4.82. The Morgan fingerprint density at radius 2 is 1.94 bits per heavy atom. The molecule has 1 unspecified atom stereocenters. The van der Waals surface area contributed by atoms with Crippen LogP contribution in [0, 0.1) is 6.92 Å². The normalized spacial score (nSPS) is 15.6. The van der Waals surface area contributed by atoms with E-state index in [-0.39, 0.29) is 11.9 Å². The van der Waals surface area contributed by atoms with Crippen LogP contribution in [-0.4, -0.2) is 15.6 Å². The largest absolute Gasteiger partial charge is 0.508 e. The highest BCUT2D eigenvalue weighted by molar-refractivity contribution is 7.52. The highest BCUT2D eigenvalue weighted by Crippen LogP contribution is 2.49. The highest BCUT2D eigenvalue weighted by Gasteiger charge is 2.27. The minimum absolute atomic E-state index is 0.0502. The van der Waals surface area contributed by atoms with Crippen molar-refractivity contribution in [1.82, 2.24) is 0 Å². The van der Waals surface area contributed by atoms with Crippen LogP contribution in [0.1, 0.15) is 31.9 Å². The predicted octanol–water partition coefficient (Wildman–Crippen LogP) is 3.20. The molecular formula is C12H19O4P. The zero-order valence-corrected chi connectivity index (χ0v) is 11.5. The van der Waals surface area contributed by atoms with Crippen LogP contribution < -0.4 is 0 Å². The van der Waals surface area contributed by atoms with E-state index in [1.165, 1.54) is 6.07 Å². The molecular weight excluding hydrogens is 239 g/mol. The van der Waals surface area contributed by atoms with Gasteiger partial charge in [-0.05, 0) is 44.9 Å². The minimum Gasteiger partial charge on any atom is -0.508 e. The van der Waals surface area contributed by atoms with E-state index in [9.17, 15) is 14.6 Å². The van der Waals surface area contributed by atoms with Crippen LogP contribution in [0.25, 0.3) is 0 Å². The van der Waals surface area contributed by atoms with Crippen molar-refractivity contribution in [3.8, 4) is 5.75 Å². The molecule has 5 heteroatoms. The van der Waals surface area contributed by atoms with Crippen LogP contribution in [0.2, 0.25) is 0 Å². The van der Waals surface area contributed by atoms with Gasteiger partial charge in [-0.25, -0.2) is 0 Å². The molecule has 2 N–H and O–H groups in total. The number of aromatic hydroxyl groups is 1. The first-order valence-corrected chi connectivity index (χ1v) is 7.16. The highest BCUT2D eigenvalue weighted by atomic mass is 31.2. The van der Waals surface area contributed by atoms with Gasteiger partial charge in [-0.2, -0.15) is 0 Å². The van der Waals surface area contributed by atoms with Gasteiger partial charge in [-0.15, -0.1) is 0 Å². The van der Waals surface area contributed by atoms with Crippen LogP contribution in [0.5, 0.6) is 5.75 Å². The Kier molecular flexibility index (Phi) is 4.03. The molecule has 0 amide bonds. The number of aryl methyl sites for hydroxylation is 1. The van der Waals surface area contributed by atoms with Gasteiger partial charge in [0, 0.05) is 0 Å². The van der Waals surface area contributed by atoms with Gasteiger partial charge in [0.05, 0.1) is 11.8 Å². The van der Waals surface area contributed by atoms with Crippen LogP contribution >= 0.6 is 7.60 Å². The Morgan fingerprint density at radius 3 is 2.41 bits per heavy atom. The van der Waals surface area contributed by atoms with Gasteiger partial charge in [0.15, 0.2) is 0 Å². The molecule has 0 aliphatic carbocycles. The van der Waals surface area contributed by atoms with E-state index in [0.717, 1.165) is 0 Å². The zero-order chi connectivity index (χ0) is 13.3. The van der Waals surface area contributed by atoms with Gasteiger partial charge >= 0.3 is 7.60 Å². The van der Waals surface area contributed by atoms with E-state index in [0.29, 0.717) is 11.1 Å². The number of benzene rings is 1. The van der Waals surface area contributed by atoms with Gasteiger partial charge in [0.2, 0.25) is 0 Å². The molecule has 0 radical (unpaired) electrons. The SMILES string of the molecule is Cc1cc(CP(=O)(O)OC(C)(C)C)ccc1O. The lowest BCUT2D eigenvalue weighted by Crippen LogP contribution is -2.17. The third-order valence-electron chi connectivity index (χ3n) is 2.06. The Morgan fingerprint density at radius 1 is 1.35 bits per heavy atom. The van der Waals surface area contributed by atoms with Crippen molar-refractivity contribution < 1.29 is 19.1 Å². The second-order valence-corrected chi connectivity index (χ2v) is 6.89. The number of phenolic OH excluding ortho intramolecular Hbond substituents is 1. The second-order valence-electron chi connectivity index (χ2n) is 5.12. The fourth-order valence-electron chi connectivity index (χ4n) is 1.51. The first-order valence-electron chi connectivity index (χ1n) is 5.40. The van der Waals surface area contributed by atoms with Crippen molar-refractivity contribution >= 4 is 7.60 Å². The topological polar surface area (TPSA) is 66.8 Å². The van der Waals surface area contributed by atoms with E-state index < -0.39 is 13.2 Å². The van der Waals surface area contributed by atoms with Crippen molar-refractivity contribution in [1.29, 1.82) is 0 Å². The number of hydrogen-bond donors (Lipinski definition) is 2. The van der Waals surface area contributed by atoms with E-state index >= 15 is 0 Å². The molecule has 0 aliphatic heterocycles. The molecule has 0 heterocycles. The average Bonchev–Trinajstić information content (AvgIpc) is 2.06. The third kappa shape index (κ3) is 4.90. The van der Waals surface area contributed by atoms with Crippen molar-refractivity contribution in [2.45, 2.75) is 39.5 Å². The lowest BCUT2D eigenvalue weighted by atomic mass is 10.1. The number of hydrogen-bond acceptors (Lipinski definition) is 3. The lowest BCUT2D eigenvalue weighted by Gasteiger charge is -2.23. The summed E-state index contributed by atoms with van der Waals surface area (Å²) < 4.78 is 17.0. The van der Waals surface area contributed by atoms with Crippen molar-refractivity contribution in [3.05, 3.63) is 29.3 Å². The quantitative estimate of drug-likeness (QED) is 0.817. The average molecular weight is 258 g/mol. The van der Waals surface area contributed by atoms with Gasteiger partial charge in [-0.3, -0.25) is 4.57 Å². The molecule has 0 spiro atoms. The summed E-state index contributed by atoms with van der Waals surface area (Å²) in [4.78, 5) is 9.73. The summed E-state index contributed by atoms with van der Waals surface area (Å²) >= 11 is 0. The van der Waals surface area contributed by atoms with Crippen LogP contribution in [0.3, 0.4) is 0 Å². The Balaban J connectivity index is 2.83. The van der Waals surface area contributed by atoms with Gasteiger partial charge < -0.3 is 14.5 Å². The molecule has 0 fully saturated rings. The van der Waals surface area contributed by atoms with Gasteiger partial charge in [0.1, 0.15) is 5.75 Å². The van der Waals surface area contributed by atoms with Gasteiger partial charge in [-0.1, -0.05) is 12.1 Å². The zero-order valence-electron chi connectivity index (χ0n) is 10.6. The standard InChI is InChI=1S/C12H19O4P/c1-9-7-10(5-6-11(9)13)8-17(14,15)16-12(2,3)4/h5-7,13H,8H2,1-4H3,(H,14,15). The lowest BCUT2D eigenvalue weighted by molar-refractivity contribution is 0.111. The predicted molar refractivity (Wildman–Crippen MR) is 67.2 cm³/mol. The van der Waals surface area contributed by atoms with Crippen LogP contribution in [0.4, 0.5) is 0 Å². The summed E-state index contributed by atoms with van der Waals surface area (Å²) in [6.45, 7) is 6.94. The Bertz CT molecular complexity index is 448. The smallest absolute Gasteiger partial charge is 0.332 e. The molecule has 1 aromatic rings.